The van der Waals surface area contributed by atoms with E-state index in [4.69, 9.17) is 0 Å². The van der Waals surface area contributed by atoms with Crippen molar-refractivity contribution in [2.75, 3.05) is 23.1 Å². The molecule has 1 aromatic carbocycles. The highest BCUT2D eigenvalue weighted by atomic mass is 32.2. The van der Waals surface area contributed by atoms with Crippen LogP contribution in [-0.2, 0) is 10.0 Å². The molecule has 6 heteroatoms. The highest BCUT2D eigenvalue weighted by Crippen LogP contribution is 2.24. The van der Waals surface area contributed by atoms with Crippen molar-refractivity contribution in [3.05, 3.63) is 29.8 Å². The van der Waals surface area contributed by atoms with E-state index in [1.807, 2.05) is 6.92 Å². The molecule has 1 amide bonds. The van der Waals surface area contributed by atoms with Crippen molar-refractivity contribution in [2.24, 2.45) is 0 Å². The first-order chi connectivity index (χ1) is 9.04. The van der Waals surface area contributed by atoms with Gasteiger partial charge in [-0.3, -0.25) is 9.10 Å². The van der Waals surface area contributed by atoms with Crippen LogP contribution >= 0.6 is 0 Å². The van der Waals surface area contributed by atoms with E-state index in [0.717, 1.165) is 6.42 Å². The minimum atomic E-state index is -3.15. The van der Waals surface area contributed by atoms with Gasteiger partial charge >= 0.3 is 0 Å². The summed E-state index contributed by atoms with van der Waals surface area (Å²) in [6.45, 7) is 3.15. The largest absolute Gasteiger partial charge is 0.352 e. The van der Waals surface area contributed by atoms with Crippen LogP contribution < -0.4 is 9.62 Å². The molecule has 0 spiro atoms. The van der Waals surface area contributed by atoms with E-state index < -0.39 is 10.0 Å². The predicted molar refractivity (Wildman–Crippen MR) is 74.8 cm³/mol. The fourth-order valence-electron chi connectivity index (χ4n) is 2.05. The van der Waals surface area contributed by atoms with Gasteiger partial charge in [-0.15, -0.1) is 0 Å². The summed E-state index contributed by atoms with van der Waals surface area (Å²) < 4.78 is 24.9. The molecule has 0 aliphatic carbocycles. The van der Waals surface area contributed by atoms with Crippen molar-refractivity contribution in [1.82, 2.24) is 5.32 Å². The number of nitrogens with zero attached hydrogens (tertiary/aromatic N) is 1. The van der Waals surface area contributed by atoms with Gasteiger partial charge in [-0.2, -0.15) is 0 Å². The lowest BCUT2D eigenvalue weighted by molar-refractivity contribution is 0.0953. The van der Waals surface area contributed by atoms with Gasteiger partial charge in [-0.25, -0.2) is 8.42 Å². The van der Waals surface area contributed by atoms with Crippen molar-refractivity contribution in [1.29, 1.82) is 0 Å². The summed E-state index contributed by atoms with van der Waals surface area (Å²) in [5.41, 5.74) is 1.18. The van der Waals surface area contributed by atoms with Gasteiger partial charge in [-0.1, -0.05) is 6.92 Å². The van der Waals surface area contributed by atoms with Crippen molar-refractivity contribution in [2.45, 2.75) is 19.8 Å². The van der Waals surface area contributed by atoms with Crippen LogP contribution in [0.5, 0.6) is 0 Å². The first kappa shape index (κ1) is 13.9. The summed E-state index contributed by atoms with van der Waals surface area (Å²) in [5.74, 6) is 0.0730. The molecule has 1 aromatic rings. The number of hydrogen-bond acceptors (Lipinski definition) is 3. The quantitative estimate of drug-likeness (QED) is 0.907. The van der Waals surface area contributed by atoms with Gasteiger partial charge in [0.15, 0.2) is 0 Å². The average Bonchev–Trinajstić information content (AvgIpc) is 2.76. The number of carbonyl (C=O) groups is 1. The number of sulfonamides is 1. The molecule has 0 atom stereocenters. The van der Waals surface area contributed by atoms with E-state index in [9.17, 15) is 13.2 Å². The second kappa shape index (κ2) is 5.61. The van der Waals surface area contributed by atoms with Gasteiger partial charge in [0.1, 0.15) is 0 Å². The summed E-state index contributed by atoms with van der Waals surface area (Å²) in [6.07, 6.45) is 1.54. The molecular weight excluding hydrogens is 264 g/mol. The first-order valence-corrected chi connectivity index (χ1v) is 8.04. The Labute approximate surface area is 113 Å². The van der Waals surface area contributed by atoms with Gasteiger partial charge in [0, 0.05) is 18.7 Å². The van der Waals surface area contributed by atoms with Crippen LogP contribution in [0.1, 0.15) is 30.1 Å². The number of amides is 1. The molecule has 0 aromatic heterocycles. The average molecular weight is 282 g/mol. The van der Waals surface area contributed by atoms with Crippen LogP contribution in [0.15, 0.2) is 24.3 Å². The number of rotatable bonds is 4. The van der Waals surface area contributed by atoms with E-state index in [2.05, 4.69) is 5.32 Å². The number of hydrogen-bond donors (Lipinski definition) is 1. The number of benzene rings is 1. The van der Waals surface area contributed by atoms with Crippen LogP contribution in [0.25, 0.3) is 0 Å². The molecule has 0 unspecified atom stereocenters. The Kier molecular flexibility index (Phi) is 4.09. The maximum absolute atomic E-state index is 11.8. The highest BCUT2D eigenvalue weighted by molar-refractivity contribution is 7.93. The maximum Gasteiger partial charge on any atom is 0.251 e. The Balaban J connectivity index is 2.13. The molecule has 1 heterocycles. The fraction of sp³-hybridized carbons (Fsp3) is 0.462. The Morgan fingerprint density at radius 3 is 2.53 bits per heavy atom. The molecular formula is C13H18N2O3S. The minimum absolute atomic E-state index is 0.127. The monoisotopic (exact) mass is 282 g/mol. The number of anilines is 1. The smallest absolute Gasteiger partial charge is 0.251 e. The SMILES string of the molecule is CCCNC(=O)c1ccc(N2CCCS2(=O)=O)cc1. The zero-order valence-electron chi connectivity index (χ0n) is 10.9. The lowest BCUT2D eigenvalue weighted by Gasteiger charge is -2.17. The lowest BCUT2D eigenvalue weighted by Crippen LogP contribution is -2.26. The molecule has 1 aliphatic heterocycles. The molecule has 1 fully saturated rings. The number of nitrogens with one attached hydrogen (secondary N) is 1. The van der Waals surface area contributed by atoms with E-state index in [-0.39, 0.29) is 11.7 Å². The molecule has 1 N–H and O–H groups in total. The maximum atomic E-state index is 11.8. The summed E-state index contributed by atoms with van der Waals surface area (Å²) in [5, 5.41) is 2.78. The summed E-state index contributed by atoms with van der Waals surface area (Å²) in [7, 11) is -3.15. The fourth-order valence-corrected chi connectivity index (χ4v) is 3.61. The predicted octanol–water partition coefficient (Wildman–Crippen LogP) is 1.37. The number of carbonyl (C=O) groups excluding carboxylic acids is 1. The summed E-state index contributed by atoms with van der Waals surface area (Å²) in [4.78, 5) is 11.7. The molecule has 0 saturated carbocycles. The van der Waals surface area contributed by atoms with Crippen LogP contribution in [-0.4, -0.2) is 33.2 Å². The summed E-state index contributed by atoms with van der Waals surface area (Å²) in [6, 6.07) is 6.69. The van der Waals surface area contributed by atoms with E-state index in [1.165, 1.54) is 4.31 Å². The third-order valence-electron chi connectivity index (χ3n) is 3.05. The van der Waals surface area contributed by atoms with E-state index >= 15 is 0 Å². The second-order valence-corrected chi connectivity index (χ2v) is 6.56. The normalized spacial score (nSPS) is 17.4. The van der Waals surface area contributed by atoms with Crippen molar-refractivity contribution < 1.29 is 13.2 Å². The van der Waals surface area contributed by atoms with Gasteiger partial charge in [0.2, 0.25) is 10.0 Å². The third kappa shape index (κ3) is 3.07. The van der Waals surface area contributed by atoms with E-state index in [1.54, 1.807) is 24.3 Å². The van der Waals surface area contributed by atoms with Crippen LogP contribution in [0.2, 0.25) is 0 Å². The molecule has 2 rings (SSSR count). The molecule has 19 heavy (non-hydrogen) atoms. The molecule has 104 valence electrons. The topological polar surface area (TPSA) is 66.5 Å². The van der Waals surface area contributed by atoms with Gasteiger partial charge in [0.25, 0.3) is 5.91 Å². The Morgan fingerprint density at radius 1 is 1.32 bits per heavy atom. The van der Waals surface area contributed by atoms with Crippen molar-refractivity contribution in [3.63, 3.8) is 0 Å². The first-order valence-electron chi connectivity index (χ1n) is 6.43. The Bertz CT molecular complexity index is 552. The molecule has 1 aliphatic rings. The Hall–Kier alpha value is -1.56. The zero-order chi connectivity index (χ0) is 13.9. The van der Waals surface area contributed by atoms with Crippen LogP contribution in [0.3, 0.4) is 0 Å². The zero-order valence-corrected chi connectivity index (χ0v) is 11.7. The molecule has 0 radical (unpaired) electrons. The highest BCUT2D eigenvalue weighted by Gasteiger charge is 2.28. The summed E-state index contributed by atoms with van der Waals surface area (Å²) >= 11 is 0. The van der Waals surface area contributed by atoms with Gasteiger partial charge in [-0.05, 0) is 37.1 Å². The molecule has 0 bridgehead atoms. The molecule has 1 saturated heterocycles. The molecule has 5 nitrogen and oxygen atoms in total. The third-order valence-corrected chi connectivity index (χ3v) is 4.92. The minimum Gasteiger partial charge on any atom is -0.352 e. The van der Waals surface area contributed by atoms with Crippen LogP contribution in [0.4, 0.5) is 5.69 Å². The standard InChI is InChI=1S/C13H18N2O3S/c1-2-8-14-13(16)11-4-6-12(7-5-11)15-9-3-10-19(15,17)18/h4-7H,2-3,8-10H2,1H3,(H,14,16). The van der Waals surface area contributed by atoms with Crippen molar-refractivity contribution >= 4 is 21.6 Å². The van der Waals surface area contributed by atoms with Gasteiger partial charge in [0.05, 0.1) is 11.4 Å². The second-order valence-electron chi connectivity index (χ2n) is 4.54. The van der Waals surface area contributed by atoms with Crippen LogP contribution in [0, 0.1) is 0 Å². The van der Waals surface area contributed by atoms with E-state index in [0.29, 0.717) is 30.8 Å². The Morgan fingerprint density at radius 2 is 2.00 bits per heavy atom. The van der Waals surface area contributed by atoms with Gasteiger partial charge < -0.3 is 5.32 Å². The lowest BCUT2D eigenvalue weighted by atomic mass is 10.2. The van der Waals surface area contributed by atoms with Crippen molar-refractivity contribution in [3.8, 4) is 0 Å².